The molecule has 252 valence electrons. The predicted molar refractivity (Wildman–Crippen MR) is 221 cm³/mol. The van der Waals surface area contributed by atoms with Crippen LogP contribution in [0.25, 0.3) is 65.8 Å². The number of nitrogens with zero attached hydrogens (tertiary/aromatic N) is 2. The van der Waals surface area contributed by atoms with Crippen molar-refractivity contribution in [3.8, 4) is 11.3 Å². The van der Waals surface area contributed by atoms with Gasteiger partial charge in [-0.15, -0.1) is 0 Å². The van der Waals surface area contributed by atoms with Gasteiger partial charge in [0.2, 0.25) is 0 Å². The minimum Gasteiger partial charge on any atom is -0.247 e. The molecule has 5 aromatic carbocycles. The molecular weight excluding hydrogens is 629 g/mol. The Morgan fingerprint density at radius 3 is 2.21 bits per heavy atom. The first-order chi connectivity index (χ1) is 25.5. The van der Waals surface area contributed by atoms with Crippen molar-refractivity contribution in [3.05, 3.63) is 167 Å². The number of hydrogen-bond acceptors (Lipinski definition) is 2. The summed E-state index contributed by atoms with van der Waals surface area (Å²) in [5, 5.41) is 7.52. The van der Waals surface area contributed by atoms with Crippen molar-refractivity contribution in [1.82, 2.24) is 9.97 Å². The van der Waals surface area contributed by atoms with Crippen molar-refractivity contribution >= 4 is 54.5 Å². The van der Waals surface area contributed by atoms with Crippen LogP contribution in [0.15, 0.2) is 133 Å². The van der Waals surface area contributed by atoms with Crippen LogP contribution in [0.1, 0.15) is 78.5 Å². The van der Waals surface area contributed by atoms with E-state index in [1.54, 1.807) is 5.57 Å². The van der Waals surface area contributed by atoms with Crippen LogP contribution < -0.4 is 0 Å². The highest BCUT2D eigenvalue weighted by Crippen LogP contribution is 2.52. The molecule has 0 amide bonds. The van der Waals surface area contributed by atoms with E-state index >= 15 is 0 Å². The normalized spacial score (nSPS) is 19.8. The summed E-state index contributed by atoms with van der Waals surface area (Å²) in [6.45, 7) is 9.38. The largest absolute Gasteiger partial charge is 0.247 e. The predicted octanol–water partition coefficient (Wildman–Crippen LogP) is 13.4. The fraction of sp³-hybridized carbons (Fsp3) is 0.200. The third kappa shape index (κ3) is 4.63. The smallest absolute Gasteiger partial charge is 0.0791 e. The molecule has 52 heavy (non-hydrogen) atoms. The molecule has 0 bridgehead atoms. The number of pyridine rings is 2. The minimum absolute atomic E-state index is 0.312. The summed E-state index contributed by atoms with van der Waals surface area (Å²) in [5.41, 5.74) is 16.5. The Labute approximate surface area is 306 Å². The summed E-state index contributed by atoms with van der Waals surface area (Å²) in [6, 6.07) is 35.8. The minimum atomic E-state index is 0.312. The molecule has 7 aromatic rings. The van der Waals surface area contributed by atoms with Crippen LogP contribution in [0.3, 0.4) is 0 Å². The monoisotopic (exact) mass is 670 g/mol. The number of benzene rings is 5. The average molecular weight is 671 g/mol. The van der Waals surface area contributed by atoms with E-state index in [1.165, 1.54) is 71.3 Å². The van der Waals surface area contributed by atoms with Gasteiger partial charge in [0.05, 0.1) is 22.4 Å². The molecule has 3 atom stereocenters. The Kier molecular flexibility index (Phi) is 7.18. The van der Waals surface area contributed by atoms with E-state index in [-0.39, 0.29) is 0 Å². The maximum atomic E-state index is 5.65. The number of fused-ring (bicyclic) bond motifs is 8. The zero-order valence-corrected chi connectivity index (χ0v) is 30.4. The van der Waals surface area contributed by atoms with E-state index in [9.17, 15) is 0 Å². The summed E-state index contributed by atoms with van der Waals surface area (Å²) >= 11 is 0. The molecule has 0 saturated carbocycles. The van der Waals surface area contributed by atoms with Gasteiger partial charge in [-0.1, -0.05) is 135 Å². The van der Waals surface area contributed by atoms with Gasteiger partial charge in [-0.05, 0) is 107 Å². The quantitative estimate of drug-likeness (QED) is 0.138. The third-order valence-corrected chi connectivity index (χ3v) is 12.2. The molecule has 3 unspecified atom stereocenters. The lowest BCUT2D eigenvalue weighted by Gasteiger charge is -2.37. The number of aryl methyl sites for hydroxylation is 2. The Morgan fingerprint density at radius 2 is 1.38 bits per heavy atom. The van der Waals surface area contributed by atoms with E-state index in [4.69, 9.17) is 9.97 Å². The Bertz CT molecular complexity index is 2760. The molecule has 10 rings (SSSR count). The zero-order valence-electron chi connectivity index (χ0n) is 30.4. The van der Waals surface area contributed by atoms with Gasteiger partial charge in [-0.3, -0.25) is 0 Å². The second-order valence-electron chi connectivity index (χ2n) is 15.3. The van der Waals surface area contributed by atoms with E-state index in [2.05, 4.69) is 155 Å². The number of allylic oxidation sites excluding steroid dienone is 8. The second-order valence-corrected chi connectivity index (χ2v) is 15.3. The van der Waals surface area contributed by atoms with Gasteiger partial charge in [0.1, 0.15) is 0 Å². The van der Waals surface area contributed by atoms with Gasteiger partial charge in [0.15, 0.2) is 0 Å². The van der Waals surface area contributed by atoms with Crippen molar-refractivity contribution < 1.29 is 0 Å². The van der Waals surface area contributed by atoms with Gasteiger partial charge in [0.25, 0.3) is 0 Å². The fourth-order valence-corrected chi connectivity index (χ4v) is 9.88. The van der Waals surface area contributed by atoms with Gasteiger partial charge in [-0.2, -0.15) is 0 Å². The van der Waals surface area contributed by atoms with Crippen molar-refractivity contribution in [2.24, 2.45) is 5.92 Å². The maximum Gasteiger partial charge on any atom is 0.0791 e. The number of rotatable bonds is 3. The molecule has 2 aromatic heterocycles. The van der Waals surface area contributed by atoms with Gasteiger partial charge in [-0.25, -0.2) is 9.97 Å². The van der Waals surface area contributed by atoms with Gasteiger partial charge in [0, 0.05) is 33.0 Å². The van der Waals surface area contributed by atoms with Crippen molar-refractivity contribution in [3.63, 3.8) is 0 Å². The lowest BCUT2D eigenvalue weighted by Crippen LogP contribution is -2.20. The summed E-state index contributed by atoms with van der Waals surface area (Å²) in [4.78, 5) is 11.1. The fourth-order valence-electron chi connectivity index (χ4n) is 9.88. The maximum absolute atomic E-state index is 5.65. The highest BCUT2D eigenvalue weighted by Gasteiger charge is 2.34. The highest BCUT2D eigenvalue weighted by atomic mass is 14.7. The summed E-state index contributed by atoms with van der Waals surface area (Å²) in [5.74, 6) is 1.16. The molecule has 0 fully saturated rings. The van der Waals surface area contributed by atoms with Crippen LogP contribution in [0.5, 0.6) is 0 Å². The SMILES string of the molecule is Cc1c2c(-c3ccccc3)nc3cc(C4C5=C(C=CCC5)c5ccccc5C4C)ccc3c2c(C)c2c(C3=CC=CC(C)C3)nc3ccccc3c12. The third-order valence-electron chi connectivity index (χ3n) is 12.2. The van der Waals surface area contributed by atoms with Crippen molar-refractivity contribution in [2.45, 2.75) is 58.8 Å². The van der Waals surface area contributed by atoms with E-state index < -0.39 is 0 Å². The van der Waals surface area contributed by atoms with E-state index in [1.807, 2.05) is 0 Å². The van der Waals surface area contributed by atoms with Crippen molar-refractivity contribution in [2.75, 3.05) is 0 Å². The molecule has 3 aliphatic rings. The van der Waals surface area contributed by atoms with Crippen LogP contribution in [0.2, 0.25) is 0 Å². The Hall–Kier alpha value is -5.60. The molecule has 0 aliphatic heterocycles. The molecule has 2 heterocycles. The first-order valence-electron chi connectivity index (χ1n) is 19.0. The number of hydrogen-bond donors (Lipinski definition) is 0. The van der Waals surface area contributed by atoms with Crippen molar-refractivity contribution in [1.29, 1.82) is 0 Å². The molecule has 2 heteroatoms. The zero-order chi connectivity index (χ0) is 35.1. The summed E-state index contributed by atoms with van der Waals surface area (Å²) in [6.07, 6.45) is 14.7. The van der Waals surface area contributed by atoms with Crippen LogP contribution in [0.4, 0.5) is 0 Å². The second kappa shape index (κ2) is 12.0. The lowest BCUT2D eigenvalue weighted by atomic mass is 9.67. The molecule has 0 radical (unpaired) electrons. The van der Waals surface area contributed by atoms with E-state index in [0.29, 0.717) is 17.8 Å². The molecule has 2 nitrogen and oxygen atoms in total. The standard InChI is InChI=1S/C50H42N2/c1-29-15-14-18-35(27-29)50-48-32(4)46-41-26-25-34(44-30(2)36-19-8-9-20-37(36)38-21-10-11-22-39(38)44)28-43(41)52-49(33-16-6-5-7-17-33)47(46)31(3)45(48)40-23-12-13-24-42(40)51-50/h5-10,12-21,23-26,28-30,44H,11,22,27H2,1-4H3. The van der Waals surface area contributed by atoms with Gasteiger partial charge >= 0.3 is 0 Å². The molecular formula is C50H42N2. The summed E-state index contributed by atoms with van der Waals surface area (Å²) in [7, 11) is 0. The van der Waals surface area contributed by atoms with E-state index in [0.717, 1.165) is 47.2 Å². The topological polar surface area (TPSA) is 25.8 Å². The molecule has 0 saturated heterocycles. The van der Waals surface area contributed by atoms with Crippen LogP contribution in [-0.4, -0.2) is 9.97 Å². The van der Waals surface area contributed by atoms with Crippen LogP contribution in [0, 0.1) is 19.8 Å². The molecule has 0 spiro atoms. The van der Waals surface area contributed by atoms with Gasteiger partial charge < -0.3 is 0 Å². The molecule has 0 N–H and O–H groups in total. The number of para-hydroxylation sites is 1. The first kappa shape index (κ1) is 31.2. The highest BCUT2D eigenvalue weighted by molar-refractivity contribution is 6.24. The van der Waals surface area contributed by atoms with Crippen LogP contribution >= 0.6 is 0 Å². The Balaban J connectivity index is 1.31. The first-order valence-corrected chi connectivity index (χ1v) is 19.0. The molecule has 3 aliphatic carbocycles. The lowest BCUT2D eigenvalue weighted by molar-refractivity contribution is 0.612. The Morgan fingerprint density at radius 1 is 0.673 bits per heavy atom. The number of aromatic nitrogens is 2. The average Bonchev–Trinajstić information content (AvgIpc) is 3.19. The summed E-state index contributed by atoms with van der Waals surface area (Å²) < 4.78 is 0. The van der Waals surface area contributed by atoms with Crippen LogP contribution in [-0.2, 0) is 0 Å².